The molecule has 13 heteroatoms. The van der Waals surface area contributed by atoms with Crippen LogP contribution in [0.25, 0.3) is 10.6 Å². The van der Waals surface area contributed by atoms with E-state index in [0.29, 0.717) is 41.9 Å². The first-order valence-electron chi connectivity index (χ1n) is 12.1. The highest BCUT2D eigenvalue weighted by atomic mass is 35.5. The Balaban J connectivity index is 1.27. The van der Waals surface area contributed by atoms with Crippen molar-refractivity contribution in [2.75, 3.05) is 43.5 Å². The van der Waals surface area contributed by atoms with Gasteiger partial charge in [0, 0.05) is 56.0 Å². The second kappa shape index (κ2) is 11.7. The van der Waals surface area contributed by atoms with Crippen molar-refractivity contribution in [3.63, 3.8) is 0 Å². The lowest BCUT2D eigenvalue weighted by atomic mass is 9.96. The standard InChI is InChI=1S/C24H29ClN6O4S2/c1-35-16-4-5-30(11-16)12-19-21(18-8-15(25)13-36-18)28-24(37-19)29-22(32)17-9-27-20(10-26-17)31-6-2-14(3-7-31)23(33)34/h8-10,13-14,16,23,33-34H,2-7,11-12H2,1H3,(H,28,29,32)/t16-/m1/s1. The minimum atomic E-state index is -1.29. The molecular formula is C24H29ClN6O4S2. The number of thiazole rings is 1. The summed E-state index contributed by atoms with van der Waals surface area (Å²) in [4.78, 5) is 32.8. The number of methoxy groups -OCH3 is 1. The molecule has 5 heterocycles. The Morgan fingerprint density at radius 1 is 1.24 bits per heavy atom. The summed E-state index contributed by atoms with van der Waals surface area (Å²) in [6.07, 6.45) is 4.30. The second-order valence-electron chi connectivity index (χ2n) is 9.25. The Kier molecular flexibility index (Phi) is 8.34. The van der Waals surface area contributed by atoms with Gasteiger partial charge in [-0.25, -0.2) is 15.0 Å². The molecule has 0 aliphatic carbocycles. The zero-order valence-electron chi connectivity index (χ0n) is 20.3. The number of piperidine rings is 1. The SMILES string of the molecule is CO[C@@H]1CCN(Cc2sc(NC(=O)c3cnc(N4CCC(C(O)O)CC4)cn3)nc2-c2cc(Cl)cs2)C1. The fourth-order valence-electron chi connectivity index (χ4n) is 4.67. The van der Waals surface area contributed by atoms with Crippen LogP contribution in [0, 0.1) is 5.92 Å². The normalized spacial score (nSPS) is 19.2. The van der Waals surface area contributed by atoms with Crippen molar-refractivity contribution < 1.29 is 19.7 Å². The van der Waals surface area contributed by atoms with Crippen molar-refractivity contribution in [2.45, 2.75) is 38.2 Å². The Morgan fingerprint density at radius 2 is 2.05 bits per heavy atom. The Morgan fingerprint density at radius 3 is 2.68 bits per heavy atom. The molecule has 2 fully saturated rings. The summed E-state index contributed by atoms with van der Waals surface area (Å²) < 4.78 is 5.50. The van der Waals surface area contributed by atoms with Crippen LogP contribution in [0.2, 0.25) is 5.02 Å². The molecule has 3 aromatic rings. The Labute approximate surface area is 227 Å². The first-order valence-corrected chi connectivity index (χ1v) is 14.2. The molecule has 1 atom stereocenters. The smallest absolute Gasteiger partial charge is 0.277 e. The molecule has 2 aliphatic rings. The average Bonchev–Trinajstić information content (AvgIpc) is 3.64. The molecule has 2 aliphatic heterocycles. The summed E-state index contributed by atoms with van der Waals surface area (Å²) in [6, 6.07) is 1.90. The number of thiophene rings is 1. The molecule has 37 heavy (non-hydrogen) atoms. The highest BCUT2D eigenvalue weighted by Gasteiger charge is 2.26. The number of aliphatic hydroxyl groups excluding tert-OH is 1. The third-order valence-electron chi connectivity index (χ3n) is 6.80. The first kappa shape index (κ1) is 26.4. The third kappa shape index (κ3) is 6.28. The molecule has 0 saturated carbocycles. The van der Waals surface area contributed by atoms with Gasteiger partial charge in [-0.05, 0) is 25.3 Å². The summed E-state index contributed by atoms with van der Waals surface area (Å²) >= 11 is 9.16. The first-order chi connectivity index (χ1) is 17.9. The summed E-state index contributed by atoms with van der Waals surface area (Å²) in [5, 5.41) is 24.7. The van der Waals surface area contributed by atoms with Gasteiger partial charge >= 0.3 is 0 Å². The quantitative estimate of drug-likeness (QED) is 0.353. The van der Waals surface area contributed by atoms with Gasteiger partial charge in [0.15, 0.2) is 11.4 Å². The van der Waals surface area contributed by atoms with Gasteiger partial charge < -0.3 is 19.8 Å². The van der Waals surface area contributed by atoms with Crippen LogP contribution in [0.1, 0.15) is 34.6 Å². The Hall–Kier alpha value is -2.19. The van der Waals surface area contributed by atoms with E-state index >= 15 is 0 Å². The molecule has 0 unspecified atom stereocenters. The zero-order chi connectivity index (χ0) is 25.9. The van der Waals surface area contributed by atoms with Crippen molar-refractivity contribution in [1.29, 1.82) is 0 Å². The topological polar surface area (TPSA) is 124 Å². The molecule has 5 rings (SSSR count). The van der Waals surface area contributed by atoms with E-state index in [4.69, 9.17) is 21.3 Å². The van der Waals surface area contributed by atoms with Gasteiger partial charge in [0.1, 0.15) is 11.5 Å². The fraction of sp³-hybridized carbons (Fsp3) is 0.500. The van der Waals surface area contributed by atoms with E-state index in [2.05, 4.69) is 20.2 Å². The number of aliphatic hydroxyl groups is 2. The van der Waals surface area contributed by atoms with Gasteiger partial charge in [0.25, 0.3) is 5.91 Å². The molecule has 198 valence electrons. The van der Waals surface area contributed by atoms with E-state index in [-0.39, 0.29) is 23.6 Å². The van der Waals surface area contributed by atoms with Crippen LogP contribution >= 0.6 is 34.3 Å². The zero-order valence-corrected chi connectivity index (χ0v) is 22.7. The van der Waals surface area contributed by atoms with E-state index in [0.717, 1.165) is 41.5 Å². The highest BCUT2D eigenvalue weighted by Crippen LogP contribution is 2.37. The van der Waals surface area contributed by atoms with Gasteiger partial charge in [-0.1, -0.05) is 22.9 Å². The van der Waals surface area contributed by atoms with Crippen molar-refractivity contribution in [3.8, 4) is 10.6 Å². The van der Waals surface area contributed by atoms with E-state index in [9.17, 15) is 15.0 Å². The number of ether oxygens (including phenoxy) is 1. The van der Waals surface area contributed by atoms with Gasteiger partial charge in [0.2, 0.25) is 0 Å². The molecule has 1 amide bonds. The van der Waals surface area contributed by atoms with Gasteiger partial charge in [-0.2, -0.15) is 0 Å². The lowest BCUT2D eigenvalue weighted by Gasteiger charge is -2.33. The number of nitrogens with zero attached hydrogens (tertiary/aromatic N) is 5. The lowest BCUT2D eigenvalue weighted by Crippen LogP contribution is -2.38. The fourth-order valence-corrected chi connectivity index (χ4v) is 6.84. The maximum atomic E-state index is 12.9. The van der Waals surface area contributed by atoms with Crippen LogP contribution in [0.5, 0.6) is 0 Å². The number of likely N-dealkylation sites (tertiary alicyclic amines) is 1. The van der Waals surface area contributed by atoms with E-state index in [1.807, 2.05) is 16.3 Å². The van der Waals surface area contributed by atoms with Crippen LogP contribution in [0.4, 0.5) is 10.9 Å². The lowest BCUT2D eigenvalue weighted by molar-refractivity contribution is -0.0894. The van der Waals surface area contributed by atoms with Crippen LogP contribution in [0.3, 0.4) is 0 Å². The van der Waals surface area contributed by atoms with Gasteiger partial charge in [-0.3, -0.25) is 15.0 Å². The number of anilines is 2. The molecule has 0 spiro atoms. The van der Waals surface area contributed by atoms with E-state index in [1.54, 1.807) is 13.3 Å². The van der Waals surface area contributed by atoms with Crippen molar-refractivity contribution in [1.82, 2.24) is 19.9 Å². The van der Waals surface area contributed by atoms with Crippen molar-refractivity contribution in [3.05, 3.63) is 39.4 Å². The minimum Gasteiger partial charge on any atom is -0.380 e. The third-order valence-corrected chi connectivity index (χ3v) is 9.04. The maximum absolute atomic E-state index is 12.9. The number of amides is 1. The summed E-state index contributed by atoms with van der Waals surface area (Å²) in [5.74, 6) is 0.160. The molecule has 0 aromatic carbocycles. The summed E-state index contributed by atoms with van der Waals surface area (Å²) in [5.41, 5.74) is 1.03. The molecular weight excluding hydrogens is 536 g/mol. The second-order valence-corrected chi connectivity index (χ2v) is 11.7. The monoisotopic (exact) mass is 564 g/mol. The summed E-state index contributed by atoms with van der Waals surface area (Å²) in [6.45, 7) is 3.84. The number of halogens is 1. The molecule has 2 saturated heterocycles. The molecule has 3 aromatic heterocycles. The highest BCUT2D eigenvalue weighted by molar-refractivity contribution is 7.17. The predicted octanol–water partition coefficient (Wildman–Crippen LogP) is 3.32. The van der Waals surface area contributed by atoms with Crippen molar-refractivity contribution >= 4 is 51.1 Å². The van der Waals surface area contributed by atoms with Crippen LogP contribution in [-0.4, -0.2) is 81.7 Å². The number of rotatable bonds is 8. The number of nitrogens with one attached hydrogen (secondary N) is 1. The predicted molar refractivity (Wildman–Crippen MR) is 144 cm³/mol. The van der Waals surface area contributed by atoms with Crippen molar-refractivity contribution in [2.24, 2.45) is 5.92 Å². The number of carbonyl (C=O) groups excluding carboxylic acids is 1. The van der Waals surface area contributed by atoms with Crippen LogP contribution in [-0.2, 0) is 11.3 Å². The molecule has 10 nitrogen and oxygen atoms in total. The van der Waals surface area contributed by atoms with E-state index < -0.39 is 6.29 Å². The minimum absolute atomic E-state index is 0.126. The number of aromatic nitrogens is 3. The van der Waals surface area contributed by atoms with Crippen LogP contribution < -0.4 is 10.2 Å². The van der Waals surface area contributed by atoms with E-state index in [1.165, 1.54) is 28.9 Å². The molecule has 0 bridgehead atoms. The number of hydrogen-bond acceptors (Lipinski definition) is 11. The maximum Gasteiger partial charge on any atom is 0.277 e. The average molecular weight is 565 g/mol. The number of hydrogen-bond donors (Lipinski definition) is 3. The molecule has 0 radical (unpaired) electrons. The number of carbonyl (C=O) groups is 1. The van der Waals surface area contributed by atoms with Crippen LogP contribution in [0.15, 0.2) is 23.8 Å². The Bertz CT molecular complexity index is 1210. The van der Waals surface area contributed by atoms with Gasteiger partial charge in [0.05, 0.1) is 34.1 Å². The molecule has 3 N–H and O–H groups in total. The summed E-state index contributed by atoms with van der Waals surface area (Å²) in [7, 11) is 1.74. The largest absolute Gasteiger partial charge is 0.380 e. The van der Waals surface area contributed by atoms with Gasteiger partial charge in [-0.15, -0.1) is 11.3 Å².